The van der Waals surface area contributed by atoms with Crippen LogP contribution >= 0.6 is 45.3 Å². The number of nitrogens with zero attached hydrogens (tertiary/aromatic N) is 3. The maximum absolute atomic E-state index is 13.7. The lowest BCUT2D eigenvalue weighted by molar-refractivity contribution is -0.193. The van der Waals surface area contributed by atoms with E-state index in [1.165, 1.54) is 52.9 Å². The molecule has 2 aromatic carbocycles. The van der Waals surface area contributed by atoms with Gasteiger partial charge in [0, 0.05) is 20.7 Å². The lowest BCUT2D eigenvalue weighted by atomic mass is 10.0. The molecule has 0 saturated heterocycles. The number of hydrogen-bond acceptors (Lipinski definition) is 14. The Labute approximate surface area is 441 Å². The number of H-pyrrole nitrogens is 1. The van der Waals surface area contributed by atoms with E-state index in [4.69, 9.17) is 28.7 Å². The molecular weight excluding hydrogens is 1080 g/mol. The Balaban J connectivity index is 0.000000566. The Morgan fingerprint density at radius 1 is 0.625 bits per heavy atom. The van der Waals surface area contributed by atoms with Gasteiger partial charge >= 0.3 is 35.6 Å². The second kappa shape index (κ2) is 27.8. The fraction of sp³-hybridized carbons (Fsp3) is 0.472. The van der Waals surface area contributed by atoms with E-state index in [1.54, 1.807) is 60.0 Å². The molecule has 392 valence electrons. The third-order valence-electron chi connectivity index (χ3n) is 10.6. The molecule has 0 unspecified atom stereocenters. The van der Waals surface area contributed by atoms with Crippen molar-refractivity contribution in [3.05, 3.63) is 134 Å². The minimum atomic E-state index is -1.45. The van der Waals surface area contributed by atoms with Crippen LogP contribution in [0.3, 0.4) is 0 Å². The summed E-state index contributed by atoms with van der Waals surface area (Å²) in [6.45, 7) is 24.9. The number of alkyl halides is 1. The minimum Gasteiger partial charge on any atom is -0.458 e. The van der Waals surface area contributed by atoms with E-state index >= 15 is 0 Å². The molecule has 0 bridgehead atoms. The van der Waals surface area contributed by atoms with Crippen molar-refractivity contribution in [2.24, 2.45) is 0 Å². The second-order valence-electron chi connectivity index (χ2n) is 19.0. The Morgan fingerprint density at radius 3 is 1.43 bits per heavy atom. The summed E-state index contributed by atoms with van der Waals surface area (Å²) in [4.78, 5) is 117. The molecule has 0 radical (unpaired) electrons. The van der Waals surface area contributed by atoms with Gasteiger partial charge in [0.05, 0.1) is 10.8 Å². The molecule has 0 aliphatic carbocycles. The van der Waals surface area contributed by atoms with E-state index in [0.717, 1.165) is 48.4 Å². The molecule has 4 aromatic heterocycles. The molecule has 4 heterocycles. The van der Waals surface area contributed by atoms with Crippen molar-refractivity contribution in [2.75, 3.05) is 4.43 Å². The van der Waals surface area contributed by atoms with E-state index in [1.807, 2.05) is 58.0 Å². The quantitative estimate of drug-likeness (QED) is 0.0729. The van der Waals surface area contributed by atoms with E-state index in [2.05, 4.69) is 57.9 Å². The summed E-state index contributed by atoms with van der Waals surface area (Å²) in [7, 11) is 0. The molecule has 0 aliphatic rings. The number of esters is 2. The van der Waals surface area contributed by atoms with Crippen molar-refractivity contribution in [2.45, 2.75) is 159 Å². The van der Waals surface area contributed by atoms with Gasteiger partial charge in [0.2, 0.25) is 0 Å². The van der Waals surface area contributed by atoms with Gasteiger partial charge < -0.3 is 9.47 Å². The summed E-state index contributed by atoms with van der Waals surface area (Å²) < 4.78 is 15.8. The average Bonchev–Trinajstić information content (AvgIpc) is 3.79. The number of nitrogens with one attached hydrogen (secondary N) is 1. The number of carbonyl (C=O) groups is 2. The molecule has 6 aromatic rings. The Morgan fingerprint density at radius 2 is 1.01 bits per heavy atom. The van der Waals surface area contributed by atoms with E-state index in [0.29, 0.717) is 33.4 Å². The Hall–Kier alpha value is -5.85. The summed E-state index contributed by atoms with van der Waals surface area (Å²) >= 11 is 5.28. The van der Waals surface area contributed by atoms with Gasteiger partial charge in [-0.2, -0.15) is 19.2 Å². The van der Waals surface area contributed by atoms with Crippen LogP contribution in [0.2, 0.25) is 0 Å². The molecule has 0 amide bonds. The molecule has 1 N–H and O–H groups in total. The van der Waals surface area contributed by atoms with Crippen LogP contribution in [-0.4, -0.2) is 58.6 Å². The average molecular weight is 1150 g/mol. The van der Waals surface area contributed by atoms with Gasteiger partial charge in [0.1, 0.15) is 31.9 Å². The van der Waals surface area contributed by atoms with Crippen molar-refractivity contribution >= 4 is 89.9 Å². The van der Waals surface area contributed by atoms with Gasteiger partial charge in [0.25, 0.3) is 11.1 Å². The van der Waals surface area contributed by atoms with Gasteiger partial charge in [-0.05, 0) is 131 Å². The first kappa shape index (κ1) is 64.2. The third-order valence-corrected chi connectivity index (χ3v) is 14.0. The lowest BCUT2D eigenvalue weighted by Gasteiger charge is -2.30. The number of thiophene rings is 2. The topological polar surface area (TPSA) is 220 Å². The van der Waals surface area contributed by atoms with Crippen LogP contribution in [0.15, 0.2) is 79.8 Å². The molecule has 19 heteroatoms. The molecule has 16 nitrogen and oxygen atoms in total. The highest BCUT2D eigenvalue weighted by Crippen LogP contribution is 2.30. The normalized spacial score (nSPS) is 11.1. The maximum atomic E-state index is 13.7. The zero-order valence-electron chi connectivity index (χ0n) is 43.0. The van der Waals surface area contributed by atoms with Crippen molar-refractivity contribution in [3.63, 3.8) is 0 Å². The Kier molecular flexibility index (Phi) is 24.8. The predicted octanol–water partition coefficient (Wildman–Crippen LogP) is 9.25. The number of ether oxygens (including phenoxy) is 2. The highest BCUT2D eigenvalue weighted by atomic mass is 127. The first-order valence-corrected chi connectivity index (χ1v) is 25.9. The van der Waals surface area contributed by atoms with E-state index in [-0.39, 0.29) is 19.7 Å². The van der Waals surface area contributed by atoms with Crippen molar-refractivity contribution in [1.82, 2.24) is 18.7 Å². The summed E-state index contributed by atoms with van der Waals surface area (Å²) in [6, 6.07) is 20.5. The zero-order valence-corrected chi connectivity index (χ0v) is 46.7. The first-order chi connectivity index (χ1) is 33.0. The van der Waals surface area contributed by atoms with E-state index in [9.17, 15) is 28.8 Å². The molecule has 0 atom stereocenters. The number of rotatable bonds is 11. The number of benzene rings is 2. The molecule has 72 heavy (non-hydrogen) atoms. The van der Waals surface area contributed by atoms with Crippen LogP contribution in [-0.2, 0) is 81.5 Å². The number of carbonyl (C=O) groups excluding carboxylic acids is 6. The monoisotopic (exact) mass is 1140 g/mol. The van der Waals surface area contributed by atoms with Gasteiger partial charge in [-0.15, -0.1) is 22.7 Å². The van der Waals surface area contributed by atoms with E-state index < -0.39 is 56.7 Å². The predicted molar refractivity (Wildman–Crippen MR) is 292 cm³/mol. The molecular formula is C53H69IN4O12S2. The largest absolute Gasteiger partial charge is 0.458 e. The molecule has 6 rings (SSSR count). The van der Waals surface area contributed by atoms with Gasteiger partial charge in [-0.1, -0.05) is 105 Å². The summed E-state index contributed by atoms with van der Waals surface area (Å²) in [5.41, 5.74) is -2.03. The van der Waals surface area contributed by atoms with Crippen LogP contribution in [0.5, 0.6) is 0 Å². The van der Waals surface area contributed by atoms with Crippen LogP contribution < -0.4 is 22.5 Å². The zero-order chi connectivity index (χ0) is 54.2. The lowest BCUT2D eigenvalue weighted by Crippen LogP contribution is -2.54. The number of fused-ring (bicyclic) bond motifs is 2. The maximum Gasteiger partial charge on any atom is 0.373 e. The molecule has 0 spiro atoms. The number of hydrogen-bond donors (Lipinski definition) is 1. The fourth-order valence-corrected chi connectivity index (χ4v) is 10.2. The van der Waals surface area contributed by atoms with Gasteiger partial charge in [-0.25, -0.2) is 28.3 Å². The van der Waals surface area contributed by atoms with Crippen molar-refractivity contribution < 1.29 is 38.2 Å². The number of aryl methyl sites for hydroxylation is 7. The van der Waals surface area contributed by atoms with Gasteiger partial charge in [0.15, 0.2) is 0 Å². The van der Waals surface area contributed by atoms with Crippen LogP contribution in [0.4, 0.5) is 0 Å². The standard InChI is InChI=1S/C25H32N2O4S.C17H24N2O4S.C8H9I.2CO2.CH4/c1-8-18-16(2)19-20(28)27(25(6,7)22(29)31-24(3,4)5)23(30)26(21(19)32-18)15-14-17-12-10-9-11-13-17;1-8-10-9(2)11-12(24-10)18-15(22)19(13(11)20)17(6,7)14(21)23-16(3,4)5;9-7-6-8-4-2-1-3-5-8;2*2-1-3;/h9-13H,8,14-15H2,1-7H3;8H2,1-7H3,(H,18,22);1-5H,6-7H2;;;1H4. The molecule has 0 saturated carbocycles. The smallest absolute Gasteiger partial charge is 0.373 e. The van der Waals surface area contributed by atoms with Crippen molar-refractivity contribution in [1.29, 1.82) is 0 Å². The third kappa shape index (κ3) is 16.6. The minimum absolute atomic E-state index is 0. The van der Waals surface area contributed by atoms with Crippen LogP contribution in [0, 0.1) is 13.8 Å². The van der Waals surface area contributed by atoms with Crippen LogP contribution in [0.25, 0.3) is 20.4 Å². The first-order valence-electron chi connectivity index (χ1n) is 22.7. The van der Waals surface area contributed by atoms with Crippen molar-refractivity contribution in [3.8, 4) is 0 Å². The number of aromatic nitrogens is 4. The summed E-state index contributed by atoms with van der Waals surface area (Å²) in [5.74, 6) is -1.23. The highest BCUT2D eigenvalue weighted by Gasteiger charge is 2.39. The second-order valence-corrected chi connectivity index (χ2v) is 22.3. The van der Waals surface area contributed by atoms with Gasteiger partial charge in [-0.3, -0.25) is 19.1 Å². The number of halogens is 1. The highest BCUT2D eigenvalue weighted by molar-refractivity contribution is 14.1. The SMILES string of the molecule is C.CCc1sc2[nH]c(=O)n(C(C)(C)C(=O)OC(C)(C)C)c(=O)c2c1C.CCc1sc2c(c1C)c(=O)n(C(C)(C)C(=O)OC(C)(C)C)c(=O)n2CCc1ccccc1.ICCc1ccccc1.O=C=O.O=C=O. The molecule has 0 fully saturated rings. The molecule has 0 aliphatic heterocycles. The van der Waals surface area contributed by atoms with Crippen LogP contribution in [0.1, 0.15) is 123 Å². The fourth-order valence-electron chi connectivity index (χ4n) is 7.16. The Bertz CT molecular complexity index is 3070. The summed E-state index contributed by atoms with van der Waals surface area (Å²) in [5, 5.41) is 0.976. The summed E-state index contributed by atoms with van der Waals surface area (Å²) in [6.07, 6.45) is 3.88. The number of aromatic amines is 1.